The van der Waals surface area contributed by atoms with E-state index in [1.54, 1.807) is 36.1 Å². The number of hydrogen-bond donors (Lipinski definition) is 1. The summed E-state index contributed by atoms with van der Waals surface area (Å²) in [5.41, 5.74) is 2.68. The number of aromatic nitrogens is 2. The fraction of sp³-hybridized carbons (Fsp3) is 0.258. The number of methoxy groups -OCH3 is 1. The molecule has 0 spiro atoms. The van der Waals surface area contributed by atoms with Crippen molar-refractivity contribution >= 4 is 29.4 Å². The van der Waals surface area contributed by atoms with Crippen molar-refractivity contribution in [3.8, 4) is 22.7 Å². The Bertz CT molecular complexity index is 1560. The van der Waals surface area contributed by atoms with Gasteiger partial charge in [0.15, 0.2) is 0 Å². The quantitative estimate of drug-likeness (QED) is 0.282. The van der Waals surface area contributed by atoms with Crippen LogP contribution >= 0.6 is 11.8 Å². The number of halogens is 2. The summed E-state index contributed by atoms with van der Waals surface area (Å²) in [5, 5.41) is 7.19. The van der Waals surface area contributed by atoms with Crippen LogP contribution in [0.1, 0.15) is 36.6 Å². The highest BCUT2D eigenvalue weighted by molar-refractivity contribution is 8.00. The molecule has 5 rings (SSSR count). The number of fused-ring (bicyclic) bond motifs is 1. The van der Waals surface area contributed by atoms with Gasteiger partial charge in [0, 0.05) is 28.8 Å². The first kappa shape index (κ1) is 28.4. The Balaban J connectivity index is 1.78. The summed E-state index contributed by atoms with van der Waals surface area (Å²) in [5.74, 6) is -1.09. The zero-order valence-corrected chi connectivity index (χ0v) is 23.8. The Morgan fingerprint density at radius 3 is 2.51 bits per heavy atom. The maximum Gasteiger partial charge on any atom is 0.240 e. The van der Waals surface area contributed by atoms with Gasteiger partial charge in [-0.25, -0.2) is 13.5 Å². The van der Waals surface area contributed by atoms with Gasteiger partial charge in [0.1, 0.15) is 29.7 Å². The Labute approximate surface area is 241 Å². The van der Waals surface area contributed by atoms with E-state index in [-0.39, 0.29) is 35.7 Å². The van der Waals surface area contributed by atoms with Crippen molar-refractivity contribution in [1.29, 1.82) is 0 Å². The normalized spacial score (nSPS) is 15.7. The van der Waals surface area contributed by atoms with Crippen LogP contribution < -0.4 is 15.0 Å². The number of rotatable bonds is 8. The molecule has 0 radical (unpaired) electrons. The molecule has 0 aliphatic carbocycles. The minimum absolute atomic E-state index is 0.0242. The first-order valence-corrected chi connectivity index (χ1v) is 14.3. The van der Waals surface area contributed by atoms with E-state index in [4.69, 9.17) is 9.84 Å². The molecule has 0 bridgehead atoms. The van der Waals surface area contributed by atoms with Crippen molar-refractivity contribution < 1.29 is 23.1 Å². The molecule has 2 atom stereocenters. The average molecular weight is 577 g/mol. The lowest BCUT2D eigenvalue weighted by molar-refractivity contribution is -0.123. The summed E-state index contributed by atoms with van der Waals surface area (Å²) >= 11 is 1.22. The van der Waals surface area contributed by atoms with Gasteiger partial charge < -0.3 is 10.1 Å². The van der Waals surface area contributed by atoms with Gasteiger partial charge in [0.25, 0.3) is 0 Å². The first-order valence-electron chi connectivity index (χ1n) is 13.3. The second-order valence-corrected chi connectivity index (χ2v) is 10.9. The molecule has 1 aliphatic rings. The molecule has 4 aromatic rings. The summed E-state index contributed by atoms with van der Waals surface area (Å²) in [6, 6.07) is 19.9. The topological polar surface area (TPSA) is 76.5 Å². The van der Waals surface area contributed by atoms with Crippen LogP contribution in [0.15, 0.2) is 72.8 Å². The van der Waals surface area contributed by atoms with Gasteiger partial charge in [0.05, 0.1) is 29.5 Å². The third-order valence-electron chi connectivity index (χ3n) is 7.02. The minimum atomic E-state index is -0.722. The molecule has 3 aromatic carbocycles. The zero-order valence-electron chi connectivity index (χ0n) is 22.9. The van der Waals surface area contributed by atoms with Gasteiger partial charge in [0.2, 0.25) is 11.8 Å². The van der Waals surface area contributed by atoms with Crippen LogP contribution in [0.2, 0.25) is 0 Å². The highest BCUT2D eigenvalue weighted by atomic mass is 32.2. The second kappa shape index (κ2) is 12.1. The monoisotopic (exact) mass is 576 g/mol. The second-order valence-electron chi connectivity index (χ2n) is 9.78. The van der Waals surface area contributed by atoms with Crippen molar-refractivity contribution in [3.63, 3.8) is 0 Å². The van der Waals surface area contributed by atoms with Crippen molar-refractivity contribution in [3.05, 3.63) is 95.6 Å². The fourth-order valence-electron chi connectivity index (χ4n) is 4.76. The van der Waals surface area contributed by atoms with Crippen molar-refractivity contribution in [2.75, 3.05) is 24.3 Å². The van der Waals surface area contributed by atoms with Crippen LogP contribution in [0.5, 0.6) is 5.75 Å². The molecule has 0 unspecified atom stereocenters. The van der Waals surface area contributed by atoms with Gasteiger partial charge in [-0.1, -0.05) is 43.3 Å². The number of nitrogens with zero attached hydrogens (tertiary/aromatic N) is 3. The number of benzene rings is 3. The number of carbonyl (C=O) groups is 2. The molecular formula is C31H30F2N4O3S. The SMILES string of the molecule is CC[C@H](C)NC(=O)CN1C(=O)CS[C@@H](c2ccc(F)cc2F)c2c(-c3ccccc3)nn(-c3ccc(OC)cc3)c21. The zero-order chi connectivity index (χ0) is 29.1. The molecule has 1 N–H and O–H groups in total. The van der Waals surface area contributed by atoms with Gasteiger partial charge in [-0.05, 0) is 43.7 Å². The maximum atomic E-state index is 15.3. The lowest BCUT2D eigenvalue weighted by Gasteiger charge is -2.24. The van der Waals surface area contributed by atoms with E-state index in [0.29, 0.717) is 28.5 Å². The van der Waals surface area contributed by atoms with E-state index < -0.39 is 16.9 Å². The molecular weight excluding hydrogens is 546 g/mol. The van der Waals surface area contributed by atoms with E-state index in [1.807, 2.05) is 44.2 Å². The van der Waals surface area contributed by atoms with Crippen LogP contribution in [-0.2, 0) is 9.59 Å². The minimum Gasteiger partial charge on any atom is -0.497 e. The number of hydrogen-bond acceptors (Lipinski definition) is 5. The highest BCUT2D eigenvalue weighted by Crippen LogP contribution is 2.49. The van der Waals surface area contributed by atoms with E-state index >= 15 is 4.39 Å². The first-order chi connectivity index (χ1) is 19.8. The van der Waals surface area contributed by atoms with Crippen LogP contribution in [0.4, 0.5) is 14.6 Å². The number of carbonyl (C=O) groups excluding carboxylic acids is 2. The predicted molar refractivity (Wildman–Crippen MR) is 156 cm³/mol. The Kier molecular flexibility index (Phi) is 8.39. The van der Waals surface area contributed by atoms with Gasteiger partial charge >= 0.3 is 0 Å². The summed E-state index contributed by atoms with van der Waals surface area (Å²) in [6.45, 7) is 3.61. The van der Waals surface area contributed by atoms with Crippen LogP contribution in [0.3, 0.4) is 0 Å². The van der Waals surface area contributed by atoms with Crippen molar-refractivity contribution in [2.45, 2.75) is 31.6 Å². The van der Waals surface area contributed by atoms with E-state index in [1.165, 1.54) is 28.8 Å². The fourth-order valence-corrected chi connectivity index (χ4v) is 5.98. The number of ether oxygens (including phenoxy) is 1. The molecule has 212 valence electrons. The Morgan fingerprint density at radius 2 is 1.85 bits per heavy atom. The van der Waals surface area contributed by atoms with Gasteiger partial charge in [-0.15, -0.1) is 11.8 Å². The molecule has 0 fully saturated rings. The third-order valence-corrected chi connectivity index (χ3v) is 8.26. The standard InChI is InChI=1S/C31H30F2N4O3S/c1-4-19(2)34-26(38)17-36-27(39)18-41-30(24-15-10-21(32)16-25(24)33)28-29(20-8-6-5-7-9-20)35-37(31(28)36)22-11-13-23(40-3)14-12-22/h5-16,19,30H,4,17-18H2,1-3H3,(H,34,38)/t19-,30-/m0/s1. The number of thioether (sulfide) groups is 1. The molecule has 41 heavy (non-hydrogen) atoms. The number of anilines is 1. The summed E-state index contributed by atoms with van der Waals surface area (Å²) in [6.07, 6.45) is 0.731. The van der Waals surface area contributed by atoms with Crippen LogP contribution in [0, 0.1) is 11.6 Å². The molecule has 0 saturated heterocycles. The van der Waals surface area contributed by atoms with Gasteiger partial charge in [-0.2, -0.15) is 5.10 Å². The molecule has 1 aromatic heterocycles. The molecule has 1 aliphatic heterocycles. The van der Waals surface area contributed by atoms with E-state index in [0.717, 1.165) is 18.1 Å². The number of amides is 2. The lowest BCUT2D eigenvalue weighted by atomic mass is 9.99. The molecule has 0 saturated carbocycles. The van der Waals surface area contributed by atoms with Gasteiger partial charge in [-0.3, -0.25) is 14.5 Å². The summed E-state index contributed by atoms with van der Waals surface area (Å²) < 4.78 is 36.2. The molecule has 2 amide bonds. The van der Waals surface area contributed by atoms with E-state index in [9.17, 15) is 14.0 Å². The summed E-state index contributed by atoms with van der Waals surface area (Å²) in [4.78, 5) is 28.3. The molecule has 2 heterocycles. The average Bonchev–Trinajstić information content (AvgIpc) is 3.31. The maximum absolute atomic E-state index is 15.3. The van der Waals surface area contributed by atoms with Crippen LogP contribution in [-0.4, -0.2) is 47.0 Å². The predicted octanol–water partition coefficient (Wildman–Crippen LogP) is 5.91. The highest BCUT2D eigenvalue weighted by Gasteiger charge is 2.38. The largest absolute Gasteiger partial charge is 0.497 e. The van der Waals surface area contributed by atoms with Crippen molar-refractivity contribution in [2.24, 2.45) is 0 Å². The number of nitrogens with one attached hydrogen (secondary N) is 1. The third kappa shape index (κ3) is 5.83. The van der Waals surface area contributed by atoms with E-state index in [2.05, 4.69) is 5.32 Å². The Hall–Kier alpha value is -4.18. The molecule has 7 nitrogen and oxygen atoms in total. The van der Waals surface area contributed by atoms with Crippen molar-refractivity contribution in [1.82, 2.24) is 15.1 Å². The lowest BCUT2D eigenvalue weighted by Crippen LogP contribution is -2.44. The Morgan fingerprint density at radius 1 is 1.12 bits per heavy atom. The van der Waals surface area contributed by atoms with Crippen LogP contribution in [0.25, 0.3) is 16.9 Å². The summed E-state index contributed by atoms with van der Waals surface area (Å²) in [7, 11) is 1.57. The smallest absolute Gasteiger partial charge is 0.240 e. The molecule has 10 heteroatoms.